The molecule has 26 heavy (non-hydrogen) atoms. The molecule has 1 aliphatic heterocycles. The molecule has 2 rings (SSSR count). The van der Waals surface area contributed by atoms with E-state index in [0.717, 1.165) is 17.7 Å². The van der Waals surface area contributed by atoms with Crippen molar-refractivity contribution in [1.29, 1.82) is 0 Å². The van der Waals surface area contributed by atoms with Gasteiger partial charge in [-0.25, -0.2) is 0 Å². The van der Waals surface area contributed by atoms with Crippen LogP contribution in [-0.4, -0.2) is 68.0 Å². The Balaban J connectivity index is 1.85. The van der Waals surface area contributed by atoms with Crippen molar-refractivity contribution in [2.45, 2.75) is 25.7 Å². The quantitative estimate of drug-likeness (QED) is 0.712. The maximum absolute atomic E-state index is 12.6. The molecule has 0 spiro atoms. The largest absolute Gasteiger partial charge is 0.497 e. The van der Waals surface area contributed by atoms with Crippen LogP contribution in [0.2, 0.25) is 0 Å². The molecule has 0 radical (unpaired) electrons. The number of methoxy groups -OCH3 is 2. The smallest absolute Gasteiger partial charge is 0.306 e. The van der Waals surface area contributed by atoms with E-state index in [0.29, 0.717) is 32.6 Å². The third-order valence-corrected chi connectivity index (χ3v) is 4.46. The normalized spacial score (nSPS) is 14.5. The van der Waals surface area contributed by atoms with E-state index in [1.165, 1.54) is 7.11 Å². The minimum absolute atomic E-state index is 0.0436. The topological polar surface area (TPSA) is 76.2 Å². The van der Waals surface area contributed by atoms with Crippen molar-refractivity contribution in [2.75, 3.05) is 40.4 Å². The summed E-state index contributed by atoms with van der Waals surface area (Å²) < 4.78 is 9.75. The Morgan fingerprint density at radius 2 is 1.65 bits per heavy atom. The average molecular weight is 362 g/mol. The fraction of sp³-hybridized carbons (Fsp3) is 0.526. The van der Waals surface area contributed by atoms with Crippen molar-refractivity contribution in [1.82, 2.24) is 9.80 Å². The van der Waals surface area contributed by atoms with Crippen LogP contribution in [0.1, 0.15) is 24.8 Å². The van der Waals surface area contributed by atoms with Gasteiger partial charge in [-0.3, -0.25) is 14.4 Å². The zero-order valence-corrected chi connectivity index (χ0v) is 15.4. The molecule has 7 nitrogen and oxygen atoms in total. The van der Waals surface area contributed by atoms with Crippen LogP contribution in [0.25, 0.3) is 0 Å². The average Bonchev–Trinajstić information content (AvgIpc) is 2.92. The Morgan fingerprint density at radius 3 is 2.31 bits per heavy atom. The molecule has 142 valence electrons. The fourth-order valence-electron chi connectivity index (χ4n) is 2.95. The molecule has 0 saturated carbocycles. The van der Waals surface area contributed by atoms with E-state index < -0.39 is 0 Å². The number of nitrogens with zero attached hydrogens (tertiary/aromatic N) is 2. The van der Waals surface area contributed by atoms with Gasteiger partial charge < -0.3 is 19.3 Å². The highest BCUT2D eigenvalue weighted by molar-refractivity contribution is 5.82. The van der Waals surface area contributed by atoms with E-state index in [9.17, 15) is 14.4 Å². The van der Waals surface area contributed by atoms with Crippen molar-refractivity contribution >= 4 is 17.8 Å². The van der Waals surface area contributed by atoms with Crippen LogP contribution in [0.3, 0.4) is 0 Å². The lowest BCUT2D eigenvalue weighted by Crippen LogP contribution is -2.38. The Hall–Kier alpha value is -2.57. The van der Waals surface area contributed by atoms with Gasteiger partial charge in [-0.05, 0) is 24.1 Å². The Morgan fingerprint density at radius 1 is 0.962 bits per heavy atom. The molecule has 2 amide bonds. The van der Waals surface area contributed by atoms with Crippen LogP contribution in [-0.2, 0) is 25.5 Å². The number of hydrogen-bond acceptors (Lipinski definition) is 5. The van der Waals surface area contributed by atoms with Crippen LogP contribution in [0, 0.1) is 0 Å². The molecule has 1 aromatic rings. The lowest BCUT2D eigenvalue weighted by Gasteiger charge is -2.22. The molecule has 0 unspecified atom stereocenters. The number of carbonyl (C=O) groups excluding carboxylic acids is 3. The summed E-state index contributed by atoms with van der Waals surface area (Å²) in [5, 5.41) is 0. The predicted molar refractivity (Wildman–Crippen MR) is 95.7 cm³/mol. The number of hydrogen-bond donors (Lipinski definition) is 0. The maximum Gasteiger partial charge on any atom is 0.306 e. The molecule has 0 aromatic heterocycles. The third kappa shape index (κ3) is 5.75. The standard InChI is InChI=1S/C19H26N2O5/c1-25-16-6-3-5-15(13-16)14-18(23)21-10-4-9-20(11-12-21)17(22)7-8-19(24)26-2/h3,5-6,13H,4,7-12,14H2,1-2H3. The minimum atomic E-state index is -0.386. The fourth-order valence-corrected chi connectivity index (χ4v) is 2.95. The molecule has 0 bridgehead atoms. The second kappa shape index (κ2) is 9.79. The van der Waals surface area contributed by atoms with Gasteiger partial charge in [0, 0.05) is 32.6 Å². The van der Waals surface area contributed by atoms with Gasteiger partial charge in [0.1, 0.15) is 5.75 Å². The van der Waals surface area contributed by atoms with E-state index in [1.54, 1.807) is 16.9 Å². The first kappa shape index (κ1) is 19.8. The number of carbonyl (C=O) groups is 3. The van der Waals surface area contributed by atoms with E-state index in [1.807, 2.05) is 24.3 Å². The Labute approximate surface area is 153 Å². The van der Waals surface area contributed by atoms with Gasteiger partial charge in [-0.15, -0.1) is 0 Å². The first-order valence-corrected chi connectivity index (χ1v) is 8.78. The monoisotopic (exact) mass is 362 g/mol. The second-order valence-corrected chi connectivity index (χ2v) is 6.22. The molecular formula is C19H26N2O5. The molecule has 1 aromatic carbocycles. The maximum atomic E-state index is 12.6. The summed E-state index contributed by atoms with van der Waals surface area (Å²) in [5.74, 6) is 0.316. The summed E-state index contributed by atoms with van der Waals surface area (Å²) in [6.45, 7) is 2.23. The van der Waals surface area contributed by atoms with Crippen molar-refractivity contribution in [3.8, 4) is 5.75 Å². The Kier molecular flexibility index (Phi) is 7.44. The van der Waals surface area contributed by atoms with Crippen molar-refractivity contribution < 1.29 is 23.9 Å². The summed E-state index contributed by atoms with van der Waals surface area (Å²) in [4.78, 5) is 39.5. The third-order valence-electron chi connectivity index (χ3n) is 4.46. The van der Waals surface area contributed by atoms with E-state index in [2.05, 4.69) is 4.74 Å². The van der Waals surface area contributed by atoms with Gasteiger partial charge in [0.05, 0.1) is 27.1 Å². The number of benzene rings is 1. The zero-order valence-electron chi connectivity index (χ0n) is 15.4. The first-order valence-electron chi connectivity index (χ1n) is 8.78. The van der Waals surface area contributed by atoms with Crippen LogP contribution in [0.4, 0.5) is 0 Å². The molecule has 7 heteroatoms. The van der Waals surface area contributed by atoms with E-state index in [4.69, 9.17) is 4.74 Å². The van der Waals surface area contributed by atoms with Crippen LogP contribution >= 0.6 is 0 Å². The number of amides is 2. The summed E-state index contributed by atoms with van der Waals surface area (Å²) in [7, 11) is 2.91. The van der Waals surface area contributed by atoms with Gasteiger partial charge in [-0.2, -0.15) is 0 Å². The number of esters is 1. The molecular weight excluding hydrogens is 336 g/mol. The lowest BCUT2D eigenvalue weighted by atomic mass is 10.1. The molecule has 1 aliphatic rings. The lowest BCUT2D eigenvalue weighted by molar-refractivity contribution is -0.143. The molecule has 0 N–H and O–H groups in total. The van der Waals surface area contributed by atoms with Crippen LogP contribution in [0.5, 0.6) is 5.75 Å². The summed E-state index contributed by atoms with van der Waals surface area (Å²) in [6.07, 6.45) is 1.27. The highest BCUT2D eigenvalue weighted by atomic mass is 16.5. The summed E-state index contributed by atoms with van der Waals surface area (Å²) in [6, 6.07) is 7.47. The first-order chi connectivity index (χ1) is 12.5. The van der Waals surface area contributed by atoms with Gasteiger partial charge >= 0.3 is 5.97 Å². The SMILES string of the molecule is COC(=O)CCC(=O)N1CCCN(C(=O)Cc2cccc(OC)c2)CC1. The predicted octanol–water partition coefficient (Wildman–Crippen LogP) is 1.25. The molecule has 0 aliphatic carbocycles. The van der Waals surface area contributed by atoms with Crippen molar-refractivity contribution in [3.05, 3.63) is 29.8 Å². The minimum Gasteiger partial charge on any atom is -0.497 e. The highest BCUT2D eigenvalue weighted by Gasteiger charge is 2.22. The van der Waals surface area contributed by atoms with Crippen LogP contribution < -0.4 is 4.74 Å². The second-order valence-electron chi connectivity index (χ2n) is 6.22. The highest BCUT2D eigenvalue weighted by Crippen LogP contribution is 2.14. The molecule has 1 fully saturated rings. The van der Waals surface area contributed by atoms with Gasteiger partial charge in [0.15, 0.2) is 0 Å². The molecule has 1 saturated heterocycles. The van der Waals surface area contributed by atoms with Crippen LogP contribution in [0.15, 0.2) is 24.3 Å². The van der Waals surface area contributed by atoms with Gasteiger partial charge in [-0.1, -0.05) is 12.1 Å². The van der Waals surface area contributed by atoms with E-state index >= 15 is 0 Å². The number of ether oxygens (including phenoxy) is 2. The van der Waals surface area contributed by atoms with Crippen molar-refractivity contribution in [2.24, 2.45) is 0 Å². The molecule has 0 atom stereocenters. The van der Waals surface area contributed by atoms with Crippen molar-refractivity contribution in [3.63, 3.8) is 0 Å². The summed E-state index contributed by atoms with van der Waals surface area (Å²) in [5.41, 5.74) is 0.907. The number of rotatable bonds is 6. The van der Waals surface area contributed by atoms with Gasteiger partial charge in [0.25, 0.3) is 0 Å². The van der Waals surface area contributed by atoms with Gasteiger partial charge in [0.2, 0.25) is 11.8 Å². The summed E-state index contributed by atoms with van der Waals surface area (Å²) >= 11 is 0. The zero-order chi connectivity index (χ0) is 18.9. The Bertz CT molecular complexity index is 647. The molecule has 1 heterocycles. The van der Waals surface area contributed by atoms with E-state index in [-0.39, 0.29) is 30.6 Å².